The Morgan fingerprint density at radius 2 is 1.79 bits per heavy atom. The lowest BCUT2D eigenvalue weighted by atomic mass is 9.42. The summed E-state index contributed by atoms with van der Waals surface area (Å²) < 4.78 is 0. The lowest BCUT2D eigenvalue weighted by Crippen LogP contribution is -2.60. The van der Waals surface area contributed by atoms with Gasteiger partial charge in [-0.1, -0.05) is 66.7 Å². The summed E-state index contributed by atoms with van der Waals surface area (Å²) in [5.41, 5.74) is 2.93. The van der Waals surface area contributed by atoms with Gasteiger partial charge in [0.15, 0.2) is 0 Å². The Labute approximate surface area is 164 Å². The van der Waals surface area contributed by atoms with Crippen LogP contribution in [0.2, 0.25) is 0 Å². The Morgan fingerprint density at radius 3 is 2.64 bits per heavy atom. The van der Waals surface area contributed by atoms with Gasteiger partial charge in [-0.15, -0.1) is 0 Å². The summed E-state index contributed by atoms with van der Waals surface area (Å²) in [6, 6.07) is 23.8. The van der Waals surface area contributed by atoms with Gasteiger partial charge in [0, 0.05) is 30.3 Å². The van der Waals surface area contributed by atoms with E-state index in [9.17, 15) is 9.90 Å². The van der Waals surface area contributed by atoms with Crippen molar-refractivity contribution in [3.8, 4) is 0 Å². The minimum atomic E-state index is -0.710. The second-order valence-electron chi connectivity index (χ2n) is 8.74. The maximum atomic E-state index is 12.7. The molecule has 2 fully saturated rings. The van der Waals surface area contributed by atoms with Crippen molar-refractivity contribution in [2.45, 2.75) is 24.2 Å². The zero-order valence-corrected chi connectivity index (χ0v) is 15.7. The third-order valence-electron chi connectivity index (χ3n) is 7.91. The highest BCUT2D eigenvalue weighted by Gasteiger charge is 2.68. The molecular weight excluding hydrogens is 346 g/mol. The van der Waals surface area contributed by atoms with E-state index < -0.39 is 11.4 Å². The first-order chi connectivity index (χ1) is 13.7. The molecule has 3 nitrogen and oxygen atoms in total. The quantitative estimate of drug-likeness (QED) is 0.708. The Morgan fingerprint density at radius 1 is 1.00 bits per heavy atom. The van der Waals surface area contributed by atoms with Crippen LogP contribution in [0.1, 0.15) is 35.4 Å². The highest BCUT2D eigenvalue weighted by Crippen LogP contribution is 2.67. The van der Waals surface area contributed by atoms with Gasteiger partial charge in [0.05, 0.1) is 5.41 Å². The molecule has 0 aromatic heterocycles. The zero-order chi connectivity index (χ0) is 18.9. The van der Waals surface area contributed by atoms with Crippen LogP contribution >= 0.6 is 0 Å². The predicted octanol–water partition coefficient (Wildman–Crippen LogP) is 4.31. The van der Waals surface area contributed by atoms with Crippen molar-refractivity contribution in [3.05, 3.63) is 83.4 Å². The molecule has 2 bridgehead atoms. The average molecular weight is 369 g/mol. The first-order valence-corrected chi connectivity index (χ1v) is 10.2. The van der Waals surface area contributed by atoms with Gasteiger partial charge in [-0.3, -0.25) is 4.79 Å². The molecule has 3 aromatic carbocycles. The van der Waals surface area contributed by atoms with E-state index in [4.69, 9.17) is 0 Å². The number of benzene rings is 3. The molecule has 1 aliphatic heterocycles. The summed E-state index contributed by atoms with van der Waals surface area (Å²) >= 11 is 0. The number of carbonyl (C=O) groups is 1. The summed E-state index contributed by atoms with van der Waals surface area (Å²) in [5.74, 6) is -0.456. The molecule has 0 amide bonds. The number of aliphatic carboxylic acids is 1. The second-order valence-corrected chi connectivity index (χ2v) is 8.74. The van der Waals surface area contributed by atoms with Crippen LogP contribution in [0.5, 0.6) is 0 Å². The highest BCUT2D eigenvalue weighted by atomic mass is 16.4. The van der Waals surface area contributed by atoms with Crippen LogP contribution in [0, 0.1) is 11.3 Å². The molecule has 1 saturated carbocycles. The SMILES string of the molecule is O=C(O)C12CNCC1C1(c3ccc4ccccc4c3)CCC2c2ccccc21. The molecule has 4 atom stereocenters. The standard InChI is InChI=1S/C25H23NO2/c27-23(28)25-15-26-14-22(25)24(12-11-21(25)19-7-3-4-8-20(19)24)18-10-9-16-5-1-2-6-17(16)13-18/h1-10,13,21-22,26H,11-12,14-15H2,(H,27,28). The lowest BCUT2D eigenvalue weighted by Gasteiger charge is -2.59. The first kappa shape index (κ1) is 16.3. The van der Waals surface area contributed by atoms with Crippen molar-refractivity contribution >= 4 is 16.7 Å². The van der Waals surface area contributed by atoms with E-state index in [0.29, 0.717) is 6.54 Å². The summed E-state index contributed by atoms with van der Waals surface area (Å²) in [5, 5.41) is 16.4. The van der Waals surface area contributed by atoms with E-state index >= 15 is 0 Å². The van der Waals surface area contributed by atoms with Crippen molar-refractivity contribution in [2.75, 3.05) is 13.1 Å². The van der Waals surface area contributed by atoms with Crippen molar-refractivity contribution in [3.63, 3.8) is 0 Å². The highest BCUT2D eigenvalue weighted by molar-refractivity contribution is 5.85. The van der Waals surface area contributed by atoms with Crippen LogP contribution in [0.25, 0.3) is 10.8 Å². The topological polar surface area (TPSA) is 49.3 Å². The van der Waals surface area contributed by atoms with E-state index in [1.807, 2.05) is 0 Å². The first-order valence-electron chi connectivity index (χ1n) is 10.2. The van der Waals surface area contributed by atoms with Gasteiger partial charge < -0.3 is 10.4 Å². The van der Waals surface area contributed by atoms with E-state index in [1.165, 1.54) is 27.5 Å². The minimum Gasteiger partial charge on any atom is -0.481 e. The third-order valence-corrected chi connectivity index (χ3v) is 7.91. The van der Waals surface area contributed by atoms with Crippen LogP contribution in [0.4, 0.5) is 0 Å². The molecule has 1 saturated heterocycles. The van der Waals surface area contributed by atoms with Gasteiger partial charge in [-0.05, 0) is 40.3 Å². The molecule has 2 N–H and O–H groups in total. The lowest BCUT2D eigenvalue weighted by molar-refractivity contribution is -0.157. The fourth-order valence-electron chi connectivity index (χ4n) is 6.82. The number of hydrogen-bond acceptors (Lipinski definition) is 2. The molecule has 1 heterocycles. The Balaban J connectivity index is 1.69. The van der Waals surface area contributed by atoms with Gasteiger partial charge in [0.25, 0.3) is 0 Å². The summed E-state index contributed by atoms with van der Waals surface area (Å²) in [4.78, 5) is 12.7. The summed E-state index contributed by atoms with van der Waals surface area (Å²) in [7, 11) is 0. The molecule has 4 aliphatic rings. The van der Waals surface area contributed by atoms with Crippen LogP contribution < -0.4 is 5.32 Å². The molecular formula is C25H23NO2. The molecule has 0 radical (unpaired) electrons. The van der Waals surface area contributed by atoms with E-state index in [-0.39, 0.29) is 17.3 Å². The number of hydrogen-bond donors (Lipinski definition) is 2. The minimum absolute atomic E-state index is 0.0762. The third kappa shape index (κ3) is 1.76. The Bertz CT molecular complexity index is 1120. The predicted molar refractivity (Wildman–Crippen MR) is 110 cm³/mol. The fourth-order valence-corrected chi connectivity index (χ4v) is 6.82. The van der Waals surface area contributed by atoms with Crippen LogP contribution in [-0.2, 0) is 10.2 Å². The maximum absolute atomic E-state index is 12.7. The molecule has 4 unspecified atom stereocenters. The van der Waals surface area contributed by atoms with Crippen LogP contribution in [0.3, 0.4) is 0 Å². The number of carboxylic acids is 1. The van der Waals surface area contributed by atoms with E-state index in [0.717, 1.165) is 19.4 Å². The molecule has 7 rings (SSSR count). The normalized spacial score (nSPS) is 32.9. The zero-order valence-electron chi connectivity index (χ0n) is 15.7. The van der Waals surface area contributed by atoms with Crippen LogP contribution in [0.15, 0.2) is 66.7 Å². The largest absolute Gasteiger partial charge is 0.481 e. The monoisotopic (exact) mass is 369 g/mol. The molecule has 28 heavy (non-hydrogen) atoms. The second kappa shape index (κ2) is 5.45. The van der Waals surface area contributed by atoms with E-state index in [2.05, 4.69) is 72.0 Å². The molecule has 3 aliphatic carbocycles. The van der Waals surface area contributed by atoms with Gasteiger partial charge in [0.2, 0.25) is 0 Å². The fraction of sp³-hybridized carbons (Fsp3) is 0.320. The smallest absolute Gasteiger partial charge is 0.311 e. The maximum Gasteiger partial charge on any atom is 0.311 e. The summed E-state index contributed by atoms with van der Waals surface area (Å²) in [6.07, 6.45) is 1.96. The molecule has 3 heteroatoms. The molecule has 3 aromatic rings. The molecule has 0 spiro atoms. The number of rotatable bonds is 2. The van der Waals surface area contributed by atoms with Crippen molar-refractivity contribution in [1.29, 1.82) is 0 Å². The van der Waals surface area contributed by atoms with Gasteiger partial charge in [-0.25, -0.2) is 0 Å². The average Bonchev–Trinajstić information content (AvgIpc) is 3.22. The number of nitrogens with one attached hydrogen (secondary N) is 1. The summed E-state index contributed by atoms with van der Waals surface area (Å²) in [6.45, 7) is 1.34. The molecule has 140 valence electrons. The number of fused-ring (bicyclic) bond motifs is 2. The van der Waals surface area contributed by atoms with E-state index in [1.54, 1.807) is 0 Å². The number of carboxylic acid groups (broad SMARTS) is 1. The van der Waals surface area contributed by atoms with Crippen LogP contribution in [-0.4, -0.2) is 24.2 Å². The van der Waals surface area contributed by atoms with Crippen molar-refractivity contribution in [1.82, 2.24) is 5.32 Å². The van der Waals surface area contributed by atoms with Gasteiger partial charge in [-0.2, -0.15) is 0 Å². The van der Waals surface area contributed by atoms with Crippen molar-refractivity contribution in [2.24, 2.45) is 11.3 Å². The van der Waals surface area contributed by atoms with Gasteiger partial charge >= 0.3 is 5.97 Å². The van der Waals surface area contributed by atoms with Gasteiger partial charge in [0.1, 0.15) is 0 Å². The Kier molecular flexibility index (Phi) is 3.18. The van der Waals surface area contributed by atoms with Crippen molar-refractivity contribution < 1.29 is 9.90 Å². The Hall–Kier alpha value is -2.65.